The lowest BCUT2D eigenvalue weighted by Crippen LogP contribution is -2.27. The van der Waals surface area contributed by atoms with Gasteiger partial charge in [0.25, 0.3) is 0 Å². The number of nitrogens with zero attached hydrogens (tertiary/aromatic N) is 3. The van der Waals surface area contributed by atoms with Crippen LogP contribution >= 0.6 is 0 Å². The second-order valence-corrected chi connectivity index (χ2v) is 9.20. The summed E-state index contributed by atoms with van der Waals surface area (Å²) in [5.41, 5.74) is 2.70. The maximum absolute atomic E-state index is 12.5. The smallest absolute Gasteiger partial charge is 0.412 e. The van der Waals surface area contributed by atoms with Gasteiger partial charge >= 0.3 is 6.09 Å². The first-order valence-corrected chi connectivity index (χ1v) is 10.7. The molecule has 0 unspecified atom stereocenters. The van der Waals surface area contributed by atoms with E-state index >= 15 is 0 Å². The van der Waals surface area contributed by atoms with Crippen molar-refractivity contribution in [2.24, 2.45) is 5.92 Å². The summed E-state index contributed by atoms with van der Waals surface area (Å²) >= 11 is 0. The summed E-state index contributed by atoms with van der Waals surface area (Å²) in [5, 5.41) is 16.3. The van der Waals surface area contributed by atoms with Crippen molar-refractivity contribution < 1.29 is 14.3 Å². The molecule has 1 saturated carbocycles. The van der Waals surface area contributed by atoms with E-state index < -0.39 is 11.7 Å². The number of aromatic nitrogens is 2. The van der Waals surface area contributed by atoms with Gasteiger partial charge in [-0.1, -0.05) is 0 Å². The molecule has 1 fully saturated rings. The van der Waals surface area contributed by atoms with E-state index in [1.807, 2.05) is 25.1 Å². The molecule has 8 heteroatoms. The number of amides is 2. The first-order valence-electron chi connectivity index (χ1n) is 10.7. The molecule has 2 aromatic heterocycles. The Kier molecular flexibility index (Phi) is 5.73. The molecule has 168 valence electrons. The van der Waals surface area contributed by atoms with Crippen molar-refractivity contribution in [1.82, 2.24) is 9.97 Å². The highest BCUT2D eigenvalue weighted by Crippen LogP contribution is 2.34. The fourth-order valence-electron chi connectivity index (χ4n) is 3.49. The van der Waals surface area contributed by atoms with Crippen LogP contribution in [0.5, 0.6) is 0 Å². The van der Waals surface area contributed by atoms with Crippen LogP contribution < -0.4 is 10.6 Å². The molecule has 3 aromatic rings. The van der Waals surface area contributed by atoms with Gasteiger partial charge in [-0.25, -0.2) is 14.8 Å². The fraction of sp³-hybridized carbons (Fsp3) is 0.320. The quantitative estimate of drug-likeness (QED) is 0.574. The number of pyridine rings is 2. The van der Waals surface area contributed by atoms with Gasteiger partial charge in [0.05, 0.1) is 5.69 Å². The number of nitriles is 1. The molecule has 8 nitrogen and oxygen atoms in total. The number of hydrogen-bond donors (Lipinski definition) is 2. The summed E-state index contributed by atoms with van der Waals surface area (Å²) in [4.78, 5) is 33.3. The zero-order chi connectivity index (χ0) is 23.8. The summed E-state index contributed by atoms with van der Waals surface area (Å²) in [6.07, 6.45) is 4.49. The van der Waals surface area contributed by atoms with Gasteiger partial charge in [-0.3, -0.25) is 10.1 Å². The van der Waals surface area contributed by atoms with Gasteiger partial charge in [-0.2, -0.15) is 5.26 Å². The maximum Gasteiger partial charge on any atom is 0.412 e. The molecule has 2 N–H and O–H groups in total. The van der Waals surface area contributed by atoms with E-state index in [-0.39, 0.29) is 11.8 Å². The van der Waals surface area contributed by atoms with Crippen molar-refractivity contribution in [2.45, 2.75) is 46.1 Å². The standard InChI is InChI=1S/C25H25N5O3/c1-14-7-18(11-26)27-12-19(14)16-8-17-10-22(30-23(31)15-5-6-15)28-13-20(17)21(9-16)29-24(32)33-25(2,3)4/h7-10,12-13,15H,5-6H2,1-4H3,(H,29,32)(H,28,30,31). The van der Waals surface area contributed by atoms with Crippen LogP contribution in [0, 0.1) is 24.2 Å². The van der Waals surface area contributed by atoms with E-state index in [1.165, 1.54) is 0 Å². The number of aryl methyl sites for hydroxylation is 1. The molecule has 2 amide bonds. The lowest BCUT2D eigenvalue weighted by molar-refractivity contribution is -0.117. The molecule has 0 atom stereocenters. The summed E-state index contributed by atoms with van der Waals surface area (Å²) in [5.74, 6) is 0.484. The SMILES string of the molecule is Cc1cc(C#N)ncc1-c1cc(NC(=O)OC(C)(C)C)c2cnc(NC(=O)C3CC3)cc2c1. The molecule has 2 heterocycles. The molecular formula is C25H25N5O3. The number of fused-ring (bicyclic) bond motifs is 1. The third kappa shape index (κ3) is 5.26. The molecule has 0 bridgehead atoms. The highest BCUT2D eigenvalue weighted by Gasteiger charge is 2.29. The van der Waals surface area contributed by atoms with Crippen LogP contribution in [-0.4, -0.2) is 27.6 Å². The Morgan fingerprint density at radius 2 is 1.85 bits per heavy atom. The molecule has 0 saturated heterocycles. The molecule has 1 aliphatic carbocycles. The molecule has 0 aliphatic heterocycles. The van der Waals surface area contributed by atoms with E-state index in [4.69, 9.17) is 10.00 Å². The highest BCUT2D eigenvalue weighted by molar-refractivity contribution is 6.04. The second-order valence-electron chi connectivity index (χ2n) is 9.20. The van der Waals surface area contributed by atoms with E-state index in [0.29, 0.717) is 22.6 Å². The Hall–Kier alpha value is -3.99. The first-order chi connectivity index (χ1) is 15.6. The Morgan fingerprint density at radius 1 is 1.09 bits per heavy atom. The minimum Gasteiger partial charge on any atom is -0.444 e. The summed E-state index contributed by atoms with van der Waals surface area (Å²) < 4.78 is 5.42. The number of benzene rings is 1. The number of carbonyl (C=O) groups excluding carboxylic acids is 2. The molecule has 1 aromatic carbocycles. The number of ether oxygens (including phenoxy) is 1. The predicted octanol–water partition coefficient (Wildman–Crippen LogP) is 5.17. The second kappa shape index (κ2) is 8.51. The van der Waals surface area contributed by atoms with E-state index in [0.717, 1.165) is 34.9 Å². The largest absolute Gasteiger partial charge is 0.444 e. The van der Waals surface area contributed by atoms with Crippen molar-refractivity contribution >= 4 is 34.3 Å². The molecule has 1 aliphatic rings. The highest BCUT2D eigenvalue weighted by atomic mass is 16.6. The monoisotopic (exact) mass is 443 g/mol. The van der Waals surface area contributed by atoms with Gasteiger partial charge in [0.1, 0.15) is 23.2 Å². The third-order valence-electron chi connectivity index (χ3n) is 5.21. The minimum absolute atomic E-state index is 0.0303. The Morgan fingerprint density at radius 3 is 2.48 bits per heavy atom. The fourth-order valence-corrected chi connectivity index (χ4v) is 3.49. The van der Waals surface area contributed by atoms with Gasteiger partial charge in [-0.05, 0) is 81.3 Å². The molecule has 0 radical (unpaired) electrons. The van der Waals surface area contributed by atoms with Crippen LogP contribution in [0.15, 0.2) is 36.7 Å². The Bertz CT molecular complexity index is 1300. The topological polar surface area (TPSA) is 117 Å². The van der Waals surface area contributed by atoms with Crippen LogP contribution in [-0.2, 0) is 9.53 Å². The van der Waals surface area contributed by atoms with E-state index in [1.54, 1.807) is 45.3 Å². The van der Waals surface area contributed by atoms with Crippen molar-refractivity contribution in [2.75, 3.05) is 10.6 Å². The number of hydrogen-bond acceptors (Lipinski definition) is 6. The predicted molar refractivity (Wildman–Crippen MR) is 126 cm³/mol. The lowest BCUT2D eigenvalue weighted by Gasteiger charge is -2.20. The van der Waals surface area contributed by atoms with Crippen LogP contribution in [0.1, 0.15) is 44.9 Å². The van der Waals surface area contributed by atoms with Crippen LogP contribution in [0.25, 0.3) is 21.9 Å². The van der Waals surface area contributed by atoms with Crippen LogP contribution in [0.2, 0.25) is 0 Å². The molecule has 33 heavy (non-hydrogen) atoms. The van der Waals surface area contributed by atoms with Gasteiger partial charge in [-0.15, -0.1) is 0 Å². The number of nitrogens with one attached hydrogen (secondary N) is 2. The molecule has 4 rings (SSSR count). The zero-order valence-corrected chi connectivity index (χ0v) is 19.0. The zero-order valence-electron chi connectivity index (χ0n) is 19.0. The van der Waals surface area contributed by atoms with Crippen molar-refractivity contribution in [3.8, 4) is 17.2 Å². The lowest BCUT2D eigenvalue weighted by atomic mass is 9.98. The Labute approximate surface area is 192 Å². The molecular weight excluding hydrogens is 418 g/mol. The Balaban J connectivity index is 1.78. The minimum atomic E-state index is -0.649. The average Bonchev–Trinajstić information content (AvgIpc) is 3.57. The number of anilines is 2. The molecule has 0 spiro atoms. The van der Waals surface area contributed by atoms with Crippen LogP contribution in [0.3, 0.4) is 0 Å². The normalized spacial score (nSPS) is 13.3. The van der Waals surface area contributed by atoms with Gasteiger partial charge < -0.3 is 10.1 Å². The summed E-state index contributed by atoms with van der Waals surface area (Å²) in [6.45, 7) is 7.28. The van der Waals surface area contributed by atoms with Gasteiger partial charge in [0.15, 0.2) is 0 Å². The van der Waals surface area contributed by atoms with Crippen molar-refractivity contribution in [3.63, 3.8) is 0 Å². The first kappa shape index (κ1) is 22.2. The van der Waals surface area contributed by atoms with Gasteiger partial charge in [0.2, 0.25) is 5.91 Å². The summed E-state index contributed by atoms with van der Waals surface area (Å²) in [6, 6.07) is 9.31. The van der Waals surface area contributed by atoms with E-state index in [9.17, 15) is 9.59 Å². The van der Waals surface area contributed by atoms with Crippen LogP contribution in [0.4, 0.5) is 16.3 Å². The van der Waals surface area contributed by atoms with Crippen molar-refractivity contribution in [3.05, 3.63) is 47.9 Å². The average molecular weight is 444 g/mol. The van der Waals surface area contributed by atoms with Gasteiger partial charge in [0, 0.05) is 29.3 Å². The summed E-state index contributed by atoms with van der Waals surface area (Å²) in [7, 11) is 0. The van der Waals surface area contributed by atoms with Crippen molar-refractivity contribution in [1.29, 1.82) is 5.26 Å². The number of carbonyl (C=O) groups is 2. The third-order valence-corrected chi connectivity index (χ3v) is 5.21. The maximum atomic E-state index is 12.5. The number of rotatable bonds is 4. The van der Waals surface area contributed by atoms with E-state index in [2.05, 4.69) is 20.6 Å².